The molecule has 1 atom stereocenters. The summed E-state index contributed by atoms with van der Waals surface area (Å²) in [4.78, 5) is 16.8. The van der Waals surface area contributed by atoms with E-state index in [1.165, 1.54) is 12.8 Å². The molecule has 0 aromatic carbocycles. The fourth-order valence-corrected chi connectivity index (χ4v) is 3.17. The standard InChI is InChI=1S/C17H26N2O3/c1-12-8-13(2)22-16(12)17(20)19-6-7-21-15(11-19)10-18(3)9-14-4-5-14/h8,14-15H,4-7,9-11H2,1-3H3/t15-/m1/s1. The van der Waals surface area contributed by atoms with Gasteiger partial charge in [-0.3, -0.25) is 4.79 Å². The van der Waals surface area contributed by atoms with Gasteiger partial charge in [0.15, 0.2) is 5.76 Å². The molecule has 2 heterocycles. The number of amides is 1. The van der Waals surface area contributed by atoms with Crippen molar-refractivity contribution in [3.63, 3.8) is 0 Å². The predicted molar refractivity (Wildman–Crippen MR) is 84.0 cm³/mol. The SMILES string of the molecule is Cc1cc(C)c(C(=O)N2CCO[C@H](CN(C)CC3CC3)C2)o1. The van der Waals surface area contributed by atoms with Crippen molar-refractivity contribution in [2.75, 3.05) is 39.8 Å². The minimum absolute atomic E-state index is 0.0104. The largest absolute Gasteiger partial charge is 0.456 e. The lowest BCUT2D eigenvalue weighted by Crippen LogP contribution is -2.49. The van der Waals surface area contributed by atoms with Crippen LogP contribution in [0.25, 0.3) is 0 Å². The minimum atomic E-state index is -0.0104. The molecular formula is C17H26N2O3. The van der Waals surface area contributed by atoms with Gasteiger partial charge in [0.2, 0.25) is 0 Å². The molecule has 22 heavy (non-hydrogen) atoms. The van der Waals surface area contributed by atoms with E-state index in [0.29, 0.717) is 25.5 Å². The number of hydrogen-bond donors (Lipinski definition) is 0. The third-order valence-corrected chi connectivity index (χ3v) is 4.44. The molecule has 2 fully saturated rings. The Morgan fingerprint density at radius 2 is 2.14 bits per heavy atom. The van der Waals surface area contributed by atoms with Crippen molar-refractivity contribution in [1.82, 2.24) is 9.80 Å². The fraction of sp³-hybridized carbons (Fsp3) is 0.706. The smallest absolute Gasteiger partial charge is 0.290 e. The Morgan fingerprint density at radius 1 is 1.36 bits per heavy atom. The van der Waals surface area contributed by atoms with Gasteiger partial charge >= 0.3 is 0 Å². The summed E-state index contributed by atoms with van der Waals surface area (Å²) in [6.45, 7) is 7.71. The van der Waals surface area contributed by atoms with Crippen LogP contribution in [-0.2, 0) is 4.74 Å². The molecule has 3 rings (SSSR count). The van der Waals surface area contributed by atoms with Gasteiger partial charge in [0.25, 0.3) is 5.91 Å². The van der Waals surface area contributed by atoms with Crippen LogP contribution >= 0.6 is 0 Å². The number of nitrogens with zero attached hydrogens (tertiary/aromatic N) is 2. The van der Waals surface area contributed by atoms with E-state index < -0.39 is 0 Å². The second-order valence-corrected chi connectivity index (χ2v) is 6.78. The average molecular weight is 306 g/mol. The van der Waals surface area contributed by atoms with E-state index >= 15 is 0 Å². The van der Waals surface area contributed by atoms with Gasteiger partial charge in [-0.1, -0.05) is 0 Å². The number of morpholine rings is 1. The molecule has 1 aliphatic heterocycles. The van der Waals surface area contributed by atoms with E-state index in [4.69, 9.17) is 9.15 Å². The normalized spacial score (nSPS) is 22.4. The van der Waals surface area contributed by atoms with E-state index in [2.05, 4.69) is 11.9 Å². The van der Waals surface area contributed by atoms with Crippen molar-refractivity contribution >= 4 is 5.91 Å². The first-order valence-corrected chi connectivity index (χ1v) is 8.19. The highest BCUT2D eigenvalue weighted by molar-refractivity contribution is 5.93. The van der Waals surface area contributed by atoms with E-state index in [-0.39, 0.29) is 12.0 Å². The molecule has 1 saturated heterocycles. The molecule has 1 aromatic heterocycles. The van der Waals surface area contributed by atoms with Crippen LogP contribution in [0.3, 0.4) is 0 Å². The summed E-state index contributed by atoms with van der Waals surface area (Å²) in [6, 6.07) is 1.91. The Bertz CT molecular complexity index is 536. The number of rotatable bonds is 5. The summed E-state index contributed by atoms with van der Waals surface area (Å²) in [5, 5.41) is 0. The van der Waals surface area contributed by atoms with Gasteiger partial charge in [-0.05, 0) is 45.7 Å². The Morgan fingerprint density at radius 3 is 2.77 bits per heavy atom. The molecule has 0 N–H and O–H groups in total. The topological polar surface area (TPSA) is 45.9 Å². The average Bonchev–Trinajstić information content (AvgIpc) is 3.21. The summed E-state index contributed by atoms with van der Waals surface area (Å²) in [6.07, 6.45) is 2.81. The zero-order valence-electron chi connectivity index (χ0n) is 13.8. The molecule has 0 bridgehead atoms. The Balaban J connectivity index is 1.57. The highest BCUT2D eigenvalue weighted by Gasteiger charge is 2.29. The monoisotopic (exact) mass is 306 g/mol. The second-order valence-electron chi connectivity index (χ2n) is 6.78. The molecule has 122 valence electrons. The zero-order valence-corrected chi connectivity index (χ0v) is 13.8. The van der Waals surface area contributed by atoms with E-state index in [1.807, 2.05) is 24.8 Å². The molecule has 0 unspecified atom stereocenters. The number of aryl methyl sites for hydroxylation is 2. The Labute approximate surface area is 132 Å². The number of ether oxygens (including phenoxy) is 1. The maximum absolute atomic E-state index is 12.6. The van der Waals surface area contributed by atoms with Crippen LogP contribution in [0.1, 0.15) is 34.7 Å². The molecule has 2 aliphatic rings. The van der Waals surface area contributed by atoms with Gasteiger partial charge in [-0.25, -0.2) is 0 Å². The van der Waals surface area contributed by atoms with Crippen molar-refractivity contribution < 1.29 is 13.9 Å². The second kappa shape index (κ2) is 6.42. The molecule has 0 radical (unpaired) electrons. The zero-order chi connectivity index (χ0) is 15.7. The van der Waals surface area contributed by atoms with Gasteiger partial charge in [0.05, 0.1) is 12.7 Å². The molecule has 1 amide bonds. The van der Waals surface area contributed by atoms with E-state index in [1.54, 1.807) is 0 Å². The Kier molecular flexibility index (Phi) is 4.54. The lowest BCUT2D eigenvalue weighted by molar-refractivity contribution is -0.0342. The third-order valence-electron chi connectivity index (χ3n) is 4.44. The van der Waals surface area contributed by atoms with Gasteiger partial charge in [-0.15, -0.1) is 0 Å². The summed E-state index contributed by atoms with van der Waals surface area (Å²) in [5.74, 6) is 2.13. The van der Waals surface area contributed by atoms with Crippen molar-refractivity contribution in [1.29, 1.82) is 0 Å². The molecule has 5 heteroatoms. The highest BCUT2D eigenvalue weighted by atomic mass is 16.5. The van der Waals surface area contributed by atoms with Gasteiger partial charge < -0.3 is 19.0 Å². The number of carbonyl (C=O) groups excluding carboxylic acids is 1. The highest BCUT2D eigenvalue weighted by Crippen LogP contribution is 2.29. The van der Waals surface area contributed by atoms with Crippen LogP contribution in [0.5, 0.6) is 0 Å². The van der Waals surface area contributed by atoms with Crippen LogP contribution < -0.4 is 0 Å². The van der Waals surface area contributed by atoms with Crippen LogP contribution in [0.2, 0.25) is 0 Å². The van der Waals surface area contributed by atoms with Crippen molar-refractivity contribution in [3.05, 3.63) is 23.2 Å². The predicted octanol–water partition coefficient (Wildman–Crippen LogP) is 2.08. The first kappa shape index (κ1) is 15.6. The van der Waals surface area contributed by atoms with Gasteiger partial charge in [0, 0.05) is 31.7 Å². The van der Waals surface area contributed by atoms with Gasteiger partial charge in [-0.2, -0.15) is 0 Å². The summed E-state index contributed by atoms with van der Waals surface area (Å²) < 4.78 is 11.4. The molecule has 1 aromatic rings. The quantitative estimate of drug-likeness (QED) is 0.835. The van der Waals surface area contributed by atoms with Crippen LogP contribution in [0.15, 0.2) is 10.5 Å². The maximum Gasteiger partial charge on any atom is 0.290 e. The third kappa shape index (κ3) is 3.70. The molecular weight excluding hydrogens is 280 g/mol. The van der Waals surface area contributed by atoms with Crippen LogP contribution in [0, 0.1) is 19.8 Å². The van der Waals surface area contributed by atoms with E-state index in [9.17, 15) is 4.79 Å². The molecule has 1 aliphatic carbocycles. The minimum Gasteiger partial charge on any atom is -0.456 e. The number of furan rings is 1. The van der Waals surface area contributed by atoms with Gasteiger partial charge in [0.1, 0.15) is 5.76 Å². The number of carbonyl (C=O) groups is 1. The van der Waals surface area contributed by atoms with Crippen molar-refractivity contribution in [2.45, 2.75) is 32.8 Å². The maximum atomic E-state index is 12.6. The van der Waals surface area contributed by atoms with Crippen molar-refractivity contribution in [2.24, 2.45) is 5.92 Å². The first-order valence-electron chi connectivity index (χ1n) is 8.19. The first-order chi connectivity index (χ1) is 10.5. The summed E-state index contributed by atoms with van der Waals surface area (Å²) >= 11 is 0. The molecule has 1 saturated carbocycles. The fourth-order valence-electron chi connectivity index (χ4n) is 3.17. The van der Waals surface area contributed by atoms with Crippen molar-refractivity contribution in [3.8, 4) is 0 Å². The van der Waals surface area contributed by atoms with Crippen LogP contribution in [-0.4, -0.2) is 61.6 Å². The van der Waals surface area contributed by atoms with Crippen LogP contribution in [0.4, 0.5) is 0 Å². The summed E-state index contributed by atoms with van der Waals surface area (Å²) in [5.41, 5.74) is 0.913. The van der Waals surface area contributed by atoms with E-state index in [0.717, 1.165) is 30.3 Å². The lowest BCUT2D eigenvalue weighted by Gasteiger charge is -2.34. The summed E-state index contributed by atoms with van der Waals surface area (Å²) in [7, 11) is 2.14. The molecule has 5 nitrogen and oxygen atoms in total. The number of likely N-dealkylation sites (N-methyl/N-ethyl adjacent to an activating group) is 1. The molecule has 0 spiro atoms. The lowest BCUT2D eigenvalue weighted by atomic mass is 10.2. The Hall–Kier alpha value is -1.33. The number of hydrogen-bond acceptors (Lipinski definition) is 4.